The summed E-state index contributed by atoms with van der Waals surface area (Å²) in [6.45, 7) is 4.67. The molecule has 0 spiro atoms. The van der Waals surface area contributed by atoms with Crippen molar-refractivity contribution in [3.63, 3.8) is 0 Å². The fourth-order valence-corrected chi connectivity index (χ4v) is 7.49. The fraction of sp³-hybridized carbons (Fsp3) is 0.306. The zero-order valence-corrected chi connectivity index (χ0v) is 27.3. The van der Waals surface area contributed by atoms with Gasteiger partial charge in [0.2, 0.25) is 12.3 Å². The van der Waals surface area contributed by atoms with Crippen LogP contribution in [0.3, 0.4) is 0 Å². The van der Waals surface area contributed by atoms with E-state index in [-0.39, 0.29) is 11.6 Å². The molecule has 2 aliphatic rings. The maximum Gasteiger partial charge on any atom is 0.278 e. The Morgan fingerprint density at radius 3 is 2.74 bits per heavy atom. The molecule has 4 heterocycles. The largest absolute Gasteiger partial charge is 0.481 e. The second-order valence-corrected chi connectivity index (χ2v) is 12.7. The van der Waals surface area contributed by atoms with Gasteiger partial charge in [-0.25, -0.2) is 14.6 Å². The van der Waals surface area contributed by atoms with E-state index in [1.165, 1.54) is 10.2 Å². The van der Waals surface area contributed by atoms with Crippen LogP contribution in [0.2, 0.25) is 5.02 Å². The number of halogens is 1. The molecule has 10 nitrogen and oxygen atoms in total. The molecule has 1 amide bonds. The molecule has 0 radical (unpaired) electrons. The summed E-state index contributed by atoms with van der Waals surface area (Å²) >= 11 is 7.21. The number of likely N-dealkylation sites (tertiary alicyclic amines) is 1. The van der Waals surface area contributed by atoms with Crippen LogP contribution in [0.1, 0.15) is 35.6 Å². The number of carbonyl (C=O) groups is 1. The Kier molecular flexibility index (Phi) is 8.38. The molecule has 7 rings (SSSR count). The lowest BCUT2D eigenvalue weighted by molar-refractivity contribution is -0.109. The van der Waals surface area contributed by atoms with Crippen molar-refractivity contribution in [1.29, 1.82) is 0 Å². The van der Waals surface area contributed by atoms with Crippen molar-refractivity contribution in [2.45, 2.75) is 32.2 Å². The van der Waals surface area contributed by atoms with Crippen LogP contribution in [0.15, 0.2) is 65.7 Å². The minimum Gasteiger partial charge on any atom is -0.481 e. The lowest BCUT2D eigenvalue weighted by Crippen LogP contribution is -2.28. The topological polar surface area (TPSA) is 114 Å². The monoisotopic (exact) mass is 649 g/mol. The van der Waals surface area contributed by atoms with Crippen molar-refractivity contribution < 1.29 is 9.53 Å². The average Bonchev–Trinajstić information content (AvgIpc) is 3.73. The number of aryl methyl sites for hydroxylation is 2. The maximum atomic E-state index is 13.0. The summed E-state index contributed by atoms with van der Waals surface area (Å²) in [4.78, 5) is 35.8. The van der Waals surface area contributed by atoms with Crippen LogP contribution in [0.5, 0.6) is 5.88 Å². The third kappa shape index (κ3) is 5.61. The van der Waals surface area contributed by atoms with Gasteiger partial charge in [0.05, 0.1) is 29.4 Å². The van der Waals surface area contributed by atoms with Crippen LogP contribution in [0.4, 0.5) is 11.5 Å². The molecule has 5 aromatic rings. The number of hydrogen-bond acceptors (Lipinski definition) is 8. The number of nitrogens with one attached hydrogen (secondary N) is 2. The van der Waals surface area contributed by atoms with Gasteiger partial charge >= 0.3 is 0 Å². The summed E-state index contributed by atoms with van der Waals surface area (Å²) in [5, 5.41) is 12.2. The first-order chi connectivity index (χ1) is 22.9. The van der Waals surface area contributed by atoms with Gasteiger partial charge in [-0.05, 0) is 73.5 Å². The van der Waals surface area contributed by atoms with Crippen molar-refractivity contribution in [3.05, 3.63) is 93.0 Å². The third-order valence-corrected chi connectivity index (χ3v) is 9.99. The van der Waals surface area contributed by atoms with Crippen LogP contribution in [0, 0.1) is 12.8 Å². The molecule has 0 saturated carbocycles. The predicted octanol–water partition coefficient (Wildman–Crippen LogP) is 5.83. The van der Waals surface area contributed by atoms with Crippen LogP contribution < -0.4 is 20.9 Å². The van der Waals surface area contributed by atoms with Crippen LogP contribution in [-0.4, -0.2) is 57.8 Å². The first-order valence-electron chi connectivity index (χ1n) is 15.8. The van der Waals surface area contributed by atoms with Crippen molar-refractivity contribution in [1.82, 2.24) is 30.0 Å². The molecule has 3 aromatic heterocycles. The number of aromatic nitrogens is 4. The number of nitrogens with zero attached hydrogens (tertiary/aromatic N) is 5. The number of amides is 1. The Bertz CT molecular complexity index is 2060. The Morgan fingerprint density at radius 2 is 1.91 bits per heavy atom. The smallest absolute Gasteiger partial charge is 0.278 e. The first-order valence-corrected chi connectivity index (χ1v) is 16.2. The highest BCUT2D eigenvalue weighted by atomic mass is 35.5. The van der Waals surface area contributed by atoms with Gasteiger partial charge in [0.15, 0.2) is 0 Å². The molecule has 47 heavy (non-hydrogen) atoms. The zero-order valence-electron chi connectivity index (χ0n) is 26.6. The molecule has 1 aliphatic heterocycles. The van der Waals surface area contributed by atoms with Crippen LogP contribution in [-0.2, 0) is 18.3 Å². The molecule has 1 saturated heterocycles. The van der Waals surface area contributed by atoms with E-state index in [0.717, 1.165) is 83.3 Å². The minimum absolute atomic E-state index is 0.220. The number of fused-ring (bicyclic) bond motifs is 2. The van der Waals surface area contributed by atoms with Crippen molar-refractivity contribution in [2.24, 2.45) is 13.0 Å². The average molecular weight is 650 g/mol. The van der Waals surface area contributed by atoms with Crippen molar-refractivity contribution in [3.8, 4) is 28.3 Å². The van der Waals surface area contributed by atoms with E-state index >= 15 is 0 Å². The van der Waals surface area contributed by atoms with Crippen LogP contribution in [0.25, 0.3) is 33.2 Å². The first kappa shape index (κ1) is 30.8. The Hall–Kier alpha value is -4.80. The van der Waals surface area contributed by atoms with Gasteiger partial charge < -0.3 is 15.4 Å². The molecule has 11 heteroatoms. The van der Waals surface area contributed by atoms with Crippen molar-refractivity contribution >= 4 is 40.3 Å². The van der Waals surface area contributed by atoms with Gasteiger partial charge in [0, 0.05) is 60.1 Å². The van der Waals surface area contributed by atoms with E-state index in [0.29, 0.717) is 34.6 Å². The molecule has 0 bridgehead atoms. The highest BCUT2D eigenvalue weighted by molar-refractivity contribution is 6.36. The number of hydrogen-bond donors (Lipinski definition) is 2. The lowest BCUT2D eigenvalue weighted by atomic mass is 9.96. The second-order valence-electron chi connectivity index (χ2n) is 12.3. The summed E-state index contributed by atoms with van der Waals surface area (Å²) in [5.74, 6) is 1.57. The van der Waals surface area contributed by atoms with Crippen molar-refractivity contribution in [2.75, 3.05) is 32.1 Å². The predicted molar refractivity (Wildman–Crippen MR) is 184 cm³/mol. The minimum atomic E-state index is -0.220. The number of carbonyl (C=O) groups excluding carboxylic acids is 1. The summed E-state index contributed by atoms with van der Waals surface area (Å²) in [7, 11) is 3.31. The molecule has 2 N–H and O–H groups in total. The van der Waals surface area contributed by atoms with E-state index in [4.69, 9.17) is 21.3 Å². The third-order valence-electron chi connectivity index (χ3n) is 9.58. The van der Waals surface area contributed by atoms with E-state index in [1.807, 2.05) is 43.3 Å². The molecule has 2 aromatic carbocycles. The Balaban J connectivity index is 1.21. The normalized spacial score (nSPS) is 17.5. The SMILES string of the molecule is COc1nc(-c2cccc(-c3cccc(Nc4nccc5cnn(C)c(=O)c45)c3C)c2Cl)cc2c1C(N1CCC(CNC=O)C1)CC2. The van der Waals surface area contributed by atoms with Gasteiger partial charge in [-0.15, -0.1) is 0 Å². The van der Waals surface area contributed by atoms with Gasteiger partial charge in [0.1, 0.15) is 5.82 Å². The van der Waals surface area contributed by atoms with Gasteiger partial charge in [-0.3, -0.25) is 14.5 Å². The van der Waals surface area contributed by atoms with Gasteiger partial charge in [-0.2, -0.15) is 5.10 Å². The number of methoxy groups -OCH3 is 1. The van der Waals surface area contributed by atoms with E-state index in [1.54, 1.807) is 32.6 Å². The summed E-state index contributed by atoms with van der Waals surface area (Å²) < 4.78 is 7.22. The van der Waals surface area contributed by atoms with E-state index in [2.05, 4.69) is 31.7 Å². The molecule has 2 unspecified atom stereocenters. The number of anilines is 2. The molecule has 1 aliphatic carbocycles. The van der Waals surface area contributed by atoms with Crippen LogP contribution >= 0.6 is 11.6 Å². The quantitative estimate of drug-likeness (QED) is 0.192. The van der Waals surface area contributed by atoms with Gasteiger partial charge in [0.25, 0.3) is 5.56 Å². The summed E-state index contributed by atoms with van der Waals surface area (Å²) in [5.41, 5.74) is 7.40. The maximum absolute atomic E-state index is 13.0. The van der Waals surface area contributed by atoms with E-state index < -0.39 is 0 Å². The number of ether oxygens (including phenoxy) is 1. The standard InChI is InChI=1S/C36H36ClN7O3/c1-21-25(6-5-9-28(21)41-34-32-24(12-14-39-34)18-40-43(2)36(32)46)26-7-4-8-27(33(26)37)29-16-23-10-11-30(31(23)35(42-29)47-3)44-15-13-22(19-44)17-38-20-45/h4-9,12,14,16,18,20,22,30H,10-11,13,15,17,19H2,1-3H3,(H,38,45)(H,39,41). The number of pyridine rings is 2. The Morgan fingerprint density at radius 1 is 1.11 bits per heavy atom. The number of benzene rings is 2. The Labute approximate surface area is 277 Å². The fourth-order valence-electron chi connectivity index (χ4n) is 7.16. The molecule has 1 fully saturated rings. The lowest BCUT2D eigenvalue weighted by Gasteiger charge is -2.26. The van der Waals surface area contributed by atoms with Gasteiger partial charge in [-0.1, -0.05) is 41.9 Å². The molecule has 240 valence electrons. The summed E-state index contributed by atoms with van der Waals surface area (Å²) in [6, 6.07) is 16.2. The molecular weight excluding hydrogens is 614 g/mol. The molecule has 2 atom stereocenters. The molecular formula is C36H36ClN7O3. The number of rotatable bonds is 9. The summed E-state index contributed by atoms with van der Waals surface area (Å²) in [6.07, 6.45) is 7.12. The second kappa shape index (κ2) is 12.8. The highest BCUT2D eigenvalue weighted by Crippen LogP contribution is 2.46. The highest BCUT2D eigenvalue weighted by Gasteiger charge is 2.36. The zero-order chi connectivity index (χ0) is 32.7. The van der Waals surface area contributed by atoms with E-state index in [9.17, 15) is 9.59 Å².